The Morgan fingerprint density at radius 1 is 0.281 bits per heavy atom. The van der Waals surface area contributed by atoms with E-state index in [4.69, 9.17) is 20.0 Å². The predicted octanol–water partition coefficient (Wildman–Crippen LogP) is 7.00. The third-order valence-corrected chi connectivity index (χ3v) is 5.12. The van der Waals surface area contributed by atoms with Crippen LogP contribution in [0.15, 0.2) is 117 Å². The maximum Gasteiger partial charge on any atom is 0.0717 e. The third-order valence-electron chi connectivity index (χ3n) is 5.12. The summed E-state index contributed by atoms with van der Waals surface area (Å²) in [6.07, 6.45) is 7.40. The van der Waals surface area contributed by atoms with Gasteiger partial charge in [0.15, 0.2) is 0 Å². The van der Waals surface area contributed by atoms with Crippen LogP contribution in [0.5, 0.6) is 0 Å². The van der Waals surface area contributed by atoms with Crippen LogP contribution in [0, 0.1) is 0 Å². The normalized spacial score (nSPS) is 16.5. The van der Waals surface area contributed by atoms with E-state index >= 15 is 0 Å². The van der Waals surface area contributed by atoms with Crippen molar-refractivity contribution in [2.24, 2.45) is 20.0 Å². The average molecular weight is 412 g/mol. The summed E-state index contributed by atoms with van der Waals surface area (Å²) < 4.78 is 0. The number of hydrogen-bond donors (Lipinski definition) is 0. The molecule has 4 heteroatoms. The van der Waals surface area contributed by atoms with Crippen molar-refractivity contribution >= 4 is 47.6 Å². The second-order valence-electron chi connectivity index (χ2n) is 7.27. The molecule has 0 saturated carbocycles. The average Bonchev–Trinajstić information content (AvgIpc) is 2.85. The standard InChI is InChI=1S/C28H20N4/c1-5-13-25-21(9-1)17-29-26-14-6-2-11-23(26)19-31-28-16-8-4-12-24(28)20-32-27-15-7-3-10-22(27)18-30-25/h1-20H/b21-17?,22-18?,23-19?,24-20?,29-17-,29-26?,30-18-,30-25?,31-19-,31-28?,32-20-,32-27?. The zero-order valence-corrected chi connectivity index (χ0v) is 17.3. The van der Waals surface area contributed by atoms with Crippen LogP contribution in [-0.4, -0.2) is 24.9 Å². The van der Waals surface area contributed by atoms with Crippen LogP contribution >= 0.6 is 0 Å². The van der Waals surface area contributed by atoms with Crippen molar-refractivity contribution in [2.75, 3.05) is 0 Å². The molecule has 0 aliphatic carbocycles. The van der Waals surface area contributed by atoms with Gasteiger partial charge in [-0.25, -0.2) is 0 Å². The predicted molar refractivity (Wildman–Crippen MR) is 135 cm³/mol. The van der Waals surface area contributed by atoms with E-state index in [1.165, 1.54) is 0 Å². The highest BCUT2D eigenvalue weighted by Crippen LogP contribution is 2.25. The molecular formula is C28H20N4. The first kappa shape index (κ1) is 19.5. The van der Waals surface area contributed by atoms with Crippen LogP contribution in [0.1, 0.15) is 22.3 Å². The molecule has 0 radical (unpaired) electrons. The van der Waals surface area contributed by atoms with E-state index in [-0.39, 0.29) is 0 Å². The van der Waals surface area contributed by atoms with Crippen molar-refractivity contribution in [3.63, 3.8) is 0 Å². The van der Waals surface area contributed by atoms with Gasteiger partial charge in [0, 0.05) is 47.1 Å². The molecule has 0 saturated heterocycles. The van der Waals surface area contributed by atoms with Crippen molar-refractivity contribution in [3.05, 3.63) is 119 Å². The molecule has 0 fully saturated rings. The highest BCUT2D eigenvalue weighted by atomic mass is 14.8. The first-order valence-corrected chi connectivity index (χ1v) is 10.4. The molecule has 32 heavy (non-hydrogen) atoms. The monoisotopic (exact) mass is 412 g/mol. The Bertz CT molecular complexity index is 1070. The molecular weight excluding hydrogens is 392 g/mol. The van der Waals surface area contributed by atoms with Crippen molar-refractivity contribution < 1.29 is 0 Å². The lowest BCUT2D eigenvalue weighted by Crippen LogP contribution is -1.89. The molecule has 4 aromatic rings. The first-order valence-electron chi connectivity index (χ1n) is 10.4. The molecule has 0 amide bonds. The second-order valence-corrected chi connectivity index (χ2v) is 7.27. The van der Waals surface area contributed by atoms with Gasteiger partial charge in [-0.15, -0.1) is 0 Å². The van der Waals surface area contributed by atoms with Gasteiger partial charge in [-0.1, -0.05) is 72.8 Å². The molecule has 1 heterocycles. The van der Waals surface area contributed by atoms with E-state index in [0.29, 0.717) is 0 Å². The fourth-order valence-corrected chi connectivity index (χ4v) is 3.41. The van der Waals surface area contributed by atoms with E-state index in [2.05, 4.69) is 0 Å². The van der Waals surface area contributed by atoms with Gasteiger partial charge in [-0.3, -0.25) is 20.0 Å². The van der Waals surface area contributed by atoms with Crippen LogP contribution in [0.25, 0.3) is 0 Å². The fraction of sp³-hybridized carbons (Fsp3) is 0. The summed E-state index contributed by atoms with van der Waals surface area (Å²) in [4.78, 5) is 19.0. The molecule has 0 bridgehead atoms. The van der Waals surface area contributed by atoms with E-state index < -0.39 is 0 Å². The summed E-state index contributed by atoms with van der Waals surface area (Å²) in [5, 5.41) is 0. The van der Waals surface area contributed by atoms with Crippen LogP contribution < -0.4 is 0 Å². The first-order chi connectivity index (χ1) is 15.9. The molecule has 1 aliphatic rings. The number of nitrogens with zero attached hydrogens (tertiary/aromatic N) is 4. The Kier molecular flexibility index (Phi) is 5.58. The summed E-state index contributed by atoms with van der Waals surface area (Å²) in [5.74, 6) is 0. The Morgan fingerprint density at radius 3 is 0.750 bits per heavy atom. The van der Waals surface area contributed by atoms with Crippen LogP contribution in [-0.2, 0) is 0 Å². The van der Waals surface area contributed by atoms with E-state index in [9.17, 15) is 0 Å². The highest BCUT2D eigenvalue weighted by molar-refractivity contribution is 5.97. The van der Waals surface area contributed by atoms with Gasteiger partial charge in [0.25, 0.3) is 0 Å². The van der Waals surface area contributed by atoms with Gasteiger partial charge in [0.1, 0.15) is 0 Å². The number of aliphatic imine (C=N–C) groups is 4. The van der Waals surface area contributed by atoms with Crippen LogP contribution in [0.3, 0.4) is 0 Å². The molecule has 152 valence electrons. The minimum absolute atomic E-state index is 0.846. The quantitative estimate of drug-likeness (QED) is 0.263. The molecule has 4 aromatic carbocycles. The molecule has 5 rings (SSSR count). The molecule has 0 unspecified atom stereocenters. The Morgan fingerprint density at radius 2 is 0.500 bits per heavy atom. The number of para-hydroxylation sites is 4. The second kappa shape index (κ2) is 9.14. The molecule has 0 aromatic heterocycles. The van der Waals surface area contributed by atoms with Gasteiger partial charge in [0.05, 0.1) is 22.7 Å². The Balaban J connectivity index is 1.69. The number of benzene rings is 4. The van der Waals surface area contributed by atoms with Crippen LogP contribution in [0.4, 0.5) is 22.7 Å². The van der Waals surface area contributed by atoms with Gasteiger partial charge >= 0.3 is 0 Å². The number of rotatable bonds is 0. The van der Waals surface area contributed by atoms with Crippen LogP contribution in [0.2, 0.25) is 0 Å². The molecule has 0 N–H and O–H groups in total. The SMILES string of the molecule is C1=N\c2ccccc2/C=N\c2ccccc2/C=N\c2ccccc2/C=N\c2ccccc2/1. The van der Waals surface area contributed by atoms with Crippen molar-refractivity contribution in [3.8, 4) is 0 Å². The van der Waals surface area contributed by atoms with E-state index in [1.54, 1.807) is 0 Å². The largest absolute Gasteiger partial charge is 0.256 e. The van der Waals surface area contributed by atoms with Gasteiger partial charge in [-0.2, -0.15) is 0 Å². The van der Waals surface area contributed by atoms with Gasteiger partial charge < -0.3 is 0 Å². The zero-order chi connectivity index (χ0) is 21.6. The minimum Gasteiger partial charge on any atom is -0.256 e. The number of fused-ring (bicyclic) bond motifs is 4. The van der Waals surface area contributed by atoms with Crippen molar-refractivity contribution in [2.45, 2.75) is 0 Å². The summed E-state index contributed by atoms with van der Waals surface area (Å²) in [6, 6.07) is 31.8. The zero-order valence-electron chi connectivity index (χ0n) is 17.3. The van der Waals surface area contributed by atoms with E-state index in [1.807, 2.05) is 122 Å². The van der Waals surface area contributed by atoms with Crippen molar-refractivity contribution in [1.29, 1.82) is 0 Å². The molecule has 0 spiro atoms. The third kappa shape index (κ3) is 4.35. The lowest BCUT2D eigenvalue weighted by Gasteiger charge is -2.05. The topological polar surface area (TPSA) is 49.4 Å². The molecule has 4 nitrogen and oxygen atoms in total. The summed E-state index contributed by atoms with van der Waals surface area (Å²) in [6.45, 7) is 0. The summed E-state index contributed by atoms with van der Waals surface area (Å²) >= 11 is 0. The Hall–Kier alpha value is -4.44. The van der Waals surface area contributed by atoms with Crippen molar-refractivity contribution in [1.82, 2.24) is 0 Å². The Labute approximate surface area is 187 Å². The maximum absolute atomic E-state index is 4.74. The number of hydrogen-bond acceptors (Lipinski definition) is 4. The lowest BCUT2D eigenvalue weighted by atomic mass is 10.1. The molecule has 0 atom stereocenters. The van der Waals surface area contributed by atoms with Gasteiger partial charge in [-0.05, 0) is 24.3 Å². The smallest absolute Gasteiger partial charge is 0.0717 e. The fourth-order valence-electron chi connectivity index (χ4n) is 3.41. The highest BCUT2D eigenvalue weighted by Gasteiger charge is 2.04. The summed E-state index contributed by atoms with van der Waals surface area (Å²) in [7, 11) is 0. The van der Waals surface area contributed by atoms with E-state index in [0.717, 1.165) is 45.0 Å². The minimum atomic E-state index is 0.846. The maximum atomic E-state index is 4.74. The lowest BCUT2D eigenvalue weighted by molar-refractivity contribution is 1.45. The molecule has 1 aliphatic heterocycles. The summed E-state index contributed by atoms with van der Waals surface area (Å²) in [5.41, 5.74) is 7.14. The van der Waals surface area contributed by atoms with Gasteiger partial charge in [0.2, 0.25) is 0 Å².